The number of aromatic amines is 1. The molecule has 2 N–H and O–H groups in total. The van der Waals surface area contributed by atoms with Crippen LogP contribution in [0.5, 0.6) is 11.8 Å². The third-order valence-electron chi connectivity index (χ3n) is 6.05. The van der Waals surface area contributed by atoms with Crippen molar-refractivity contribution < 1.29 is 4.74 Å². The Bertz CT molecular complexity index is 1290. The Balaban J connectivity index is 1.41. The van der Waals surface area contributed by atoms with Gasteiger partial charge in [-0.15, -0.1) is 0 Å². The molecule has 7 nitrogen and oxygen atoms in total. The molecule has 5 rings (SSSR count). The van der Waals surface area contributed by atoms with Crippen LogP contribution < -0.4 is 20.5 Å². The average Bonchev–Trinajstić information content (AvgIpc) is 3.35. The number of fused-ring (bicyclic) bond motifs is 1. The third-order valence-corrected chi connectivity index (χ3v) is 6.05. The molecule has 7 heteroatoms. The summed E-state index contributed by atoms with van der Waals surface area (Å²) < 4.78 is 5.85. The largest absolute Gasteiger partial charge is 0.426 e. The second kappa shape index (κ2) is 9.03. The van der Waals surface area contributed by atoms with E-state index in [0.717, 1.165) is 25.2 Å². The SMILES string of the molecule is CC(C)c1ccc(N(c2ccc(Oc3nc4cnccc4c(=O)[nH]3)cc2)C2CCNC2)cc1. The molecule has 0 amide bonds. The highest BCUT2D eigenvalue weighted by Crippen LogP contribution is 2.33. The van der Waals surface area contributed by atoms with E-state index in [1.807, 2.05) is 24.3 Å². The van der Waals surface area contributed by atoms with E-state index < -0.39 is 0 Å². The molecule has 1 aliphatic heterocycles. The van der Waals surface area contributed by atoms with E-state index in [-0.39, 0.29) is 11.6 Å². The summed E-state index contributed by atoms with van der Waals surface area (Å²) in [6.45, 7) is 6.38. The van der Waals surface area contributed by atoms with Gasteiger partial charge in [0.25, 0.3) is 5.56 Å². The minimum atomic E-state index is -0.251. The Morgan fingerprint density at radius 2 is 1.76 bits per heavy atom. The number of anilines is 2. The molecule has 0 aliphatic carbocycles. The Labute approximate surface area is 192 Å². The van der Waals surface area contributed by atoms with E-state index in [9.17, 15) is 4.79 Å². The van der Waals surface area contributed by atoms with Crippen molar-refractivity contribution in [2.45, 2.75) is 32.2 Å². The van der Waals surface area contributed by atoms with Gasteiger partial charge >= 0.3 is 6.01 Å². The van der Waals surface area contributed by atoms with Gasteiger partial charge < -0.3 is 15.0 Å². The van der Waals surface area contributed by atoms with Crippen LogP contribution in [0.15, 0.2) is 71.8 Å². The molecule has 4 aromatic rings. The average molecular weight is 442 g/mol. The molecular formula is C26H27N5O2. The quantitative estimate of drug-likeness (QED) is 0.450. The first-order valence-electron chi connectivity index (χ1n) is 11.3. The lowest BCUT2D eigenvalue weighted by molar-refractivity contribution is 0.442. The fourth-order valence-electron chi connectivity index (χ4n) is 4.25. The highest BCUT2D eigenvalue weighted by atomic mass is 16.5. The number of rotatable bonds is 6. The van der Waals surface area contributed by atoms with Gasteiger partial charge in [-0.2, -0.15) is 4.98 Å². The topological polar surface area (TPSA) is 83.1 Å². The first-order chi connectivity index (χ1) is 16.1. The van der Waals surface area contributed by atoms with E-state index in [4.69, 9.17) is 4.74 Å². The Morgan fingerprint density at radius 1 is 1.03 bits per heavy atom. The number of aromatic nitrogens is 3. The molecule has 1 fully saturated rings. The van der Waals surface area contributed by atoms with Crippen LogP contribution in [0, 0.1) is 0 Å². The molecule has 1 unspecified atom stereocenters. The molecule has 168 valence electrons. The van der Waals surface area contributed by atoms with E-state index in [1.54, 1.807) is 18.5 Å². The van der Waals surface area contributed by atoms with Crippen LogP contribution in [0.3, 0.4) is 0 Å². The standard InChI is InChI=1S/C26H27N5O2/c1-17(2)18-3-5-19(6-4-18)31(21-11-13-27-15-21)20-7-9-22(10-8-20)33-26-29-24-16-28-14-12-23(24)25(32)30-26/h3-10,12,14,16-17,21,27H,11,13,15H2,1-2H3,(H,29,30,32). The second-order valence-electron chi connectivity index (χ2n) is 8.62. The van der Waals surface area contributed by atoms with Gasteiger partial charge in [0.1, 0.15) is 5.75 Å². The van der Waals surface area contributed by atoms with Crippen LogP contribution in [0.25, 0.3) is 10.9 Å². The Morgan fingerprint density at radius 3 is 2.42 bits per heavy atom. The first kappa shape index (κ1) is 21.2. The normalized spacial score (nSPS) is 15.8. The zero-order valence-corrected chi connectivity index (χ0v) is 18.8. The highest BCUT2D eigenvalue weighted by Gasteiger charge is 2.24. The number of benzene rings is 2. The van der Waals surface area contributed by atoms with Gasteiger partial charge in [0, 0.05) is 30.2 Å². The second-order valence-corrected chi connectivity index (χ2v) is 8.62. The van der Waals surface area contributed by atoms with Crippen molar-refractivity contribution in [3.63, 3.8) is 0 Å². The fraction of sp³-hybridized carbons (Fsp3) is 0.269. The van der Waals surface area contributed by atoms with Crippen molar-refractivity contribution in [1.29, 1.82) is 0 Å². The molecule has 2 aromatic carbocycles. The van der Waals surface area contributed by atoms with Crippen LogP contribution >= 0.6 is 0 Å². The summed E-state index contributed by atoms with van der Waals surface area (Å²) in [5.41, 5.74) is 3.85. The van der Waals surface area contributed by atoms with E-state index in [1.165, 1.54) is 11.3 Å². The molecule has 2 aromatic heterocycles. The summed E-state index contributed by atoms with van der Waals surface area (Å²) in [4.78, 5) is 25.8. The minimum Gasteiger partial charge on any atom is -0.426 e. The molecule has 33 heavy (non-hydrogen) atoms. The van der Waals surface area contributed by atoms with Crippen LogP contribution in [0.2, 0.25) is 0 Å². The maximum absolute atomic E-state index is 12.3. The maximum atomic E-state index is 12.3. The predicted octanol–water partition coefficient (Wildman–Crippen LogP) is 4.73. The molecule has 1 atom stereocenters. The zero-order chi connectivity index (χ0) is 22.8. The molecule has 1 saturated heterocycles. The van der Waals surface area contributed by atoms with Crippen molar-refractivity contribution >= 4 is 22.3 Å². The van der Waals surface area contributed by atoms with Gasteiger partial charge in [-0.05, 0) is 66.9 Å². The lowest BCUT2D eigenvalue weighted by Gasteiger charge is -2.31. The summed E-state index contributed by atoms with van der Waals surface area (Å²) >= 11 is 0. The van der Waals surface area contributed by atoms with Gasteiger partial charge in [0.15, 0.2) is 0 Å². The van der Waals surface area contributed by atoms with E-state index in [0.29, 0.717) is 28.6 Å². The summed E-state index contributed by atoms with van der Waals surface area (Å²) in [6, 6.07) is 18.9. The van der Waals surface area contributed by atoms with Crippen molar-refractivity contribution in [2.24, 2.45) is 0 Å². The van der Waals surface area contributed by atoms with Crippen molar-refractivity contribution in [3.8, 4) is 11.8 Å². The molecular weight excluding hydrogens is 414 g/mol. The van der Waals surface area contributed by atoms with Crippen molar-refractivity contribution in [3.05, 3.63) is 82.9 Å². The van der Waals surface area contributed by atoms with Crippen LogP contribution in [-0.2, 0) is 0 Å². The van der Waals surface area contributed by atoms with Gasteiger partial charge in [-0.1, -0.05) is 26.0 Å². The number of nitrogens with one attached hydrogen (secondary N) is 2. The van der Waals surface area contributed by atoms with Crippen molar-refractivity contribution in [1.82, 2.24) is 20.3 Å². The van der Waals surface area contributed by atoms with E-state index in [2.05, 4.69) is 63.3 Å². The molecule has 3 heterocycles. The van der Waals surface area contributed by atoms with Crippen molar-refractivity contribution in [2.75, 3.05) is 18.0 Å². The number of pyridine rings is 1. The zero-order valence-electron chi connectivity index (χ0n) is 18.8. The Kier molecular flexibility index (Phi) is 5.79. The summed E-state index contributed by atoms with van der Waals surface area (Å²) in [5.74, 6) is 1.10. The lowest BCUT2D eigenvalue weighted by atomic mass is 10.0. The number of nitrogens with zero attached hydrogens (tertiary/aromatic N) is 3. The number of ether oxygens (including phenoxy) is 1. The minimum absolute atomic E-state index is 0.148. The smallest absolute Gasteiger partial charge is 0.302 e. The van der Waals surface area contributed by atoms with Crippen LogP contribution in [0.4, 0.5) is 11.4 Å². The Hall–Kier alpha value is -3.71. The first-order valence-corrected chi connectivity index (χ1v) is 11.3. The summed E-state index contributed by atoms with van der Waals surface area (Å²) in [7, 11) is 0. The molecule has 0 radical (unpaired) electrons. The number of hydrogen-bond acceptors (Lipinski definition) is 6. The maximum Gasteiger partial charge on any atom is 0.302 e. The molecule has 0 bridgehead atoms. The molecule has 1 aliphatic rings. The molecule has 0 spiro atoms. The monoisotopic (exact) mass is 441 g/mol. The summed E-state index contributed by atoms with van der Waals surface area (Å²) in [6.07, 6.45) is 4.21. The van der Waals surface area contributed by atoms with E-state index >= 15 is 0 Å². The molecule has 0 saturated carbocycles. The fourth-order valence-corrected chi connectivity index (χ4v) is 4.25. The van der Waals surface area contributed by atoms with Gasteiger partial charge in [-0.25, -0.2) is 0 Å². The predicted molar refractivity (Wildman–Crippen MR) is 131 cm³/mol. The van der Waals surface area contributed by atoms with Crippen LogP contribution in [0.1, 0.15) is 31.7 Å². The van der Waals surface area contributed by atoms with Gasteiger partial charge in [-0.3, -0.25) is 14.8 Å². The summed E-state index contributed by atoms with van der Waals surface area (Å²) in [5, 5.41) is 3.96. The lowest BCUT2D eigenvalue weighted by Crippen LogP contribution is -2.32. The highest BCUT2D eigenvalue weighted by molar-refractivity contribution is 5.76. The number of H-pyrrole nitrogens is 1. The van der Waals surface area contributed by atoms with Crippen LogP contribution in [-0.4, -0.2) is 34.1 Å². The number of hydrogen-bond donors (Lipinski definition) is 2. The third kappa shape index (κ3) is 4.45. The van der Waals surface area contributed by atoms with Gasteiger partial charge in [0.2, 0.25) is 0 Å². The van der Waals surface area contributed by atoms with Gasteiger partial charge in [0.05, 0.1) is 17.1 Å².